The van der Waals surface area contributed by atoms with Crippen molar-refractivity contribution in [3.8, 4) is 11.6 Å². The smallest absolute Gasteiger partial charge is 0.228 e. The van der Waals surface area contributed by atoms with E-state index in [1.54, 1.807) is 23.5 Å². The summed E-state index contributed by atoms with van der Waals surface area (Å²) in [5.41, 5.74) is 0. The summed E-state index contributed by atoms with van der Waals surface area (Å²) in [5.74, 6) is 2.04. The van der Waals surface area contributed by atoms with Crippen LogP contribution < -0.4 is 9.64 Å². The number of ether oxygens (including phenoxy) is 1. The third-order valence-electron chi connectivity index (χ3n) is 4.82. The molecular formula is C21H21ClN4O2S. The molecule has 1 saturated heterocycles. The van der Waals surface area contributed by atoms with Gasteiger partial charge in [-0.1, -0.05) is 23.7 Å². The Hall–Kier alpha value is -2.64. The molecule has 1 atom stereocenters. The Morgan fingerprint density at radius 3 is 2.90 bits per heavy atom. The molecule has 1 amide bonds. The largest absolute Gasteiger partial charge is 0.439 e. The molecule has 3 heterocycles. The van der Waals surface area contributed by atoms with Gasteiger partial charge in [-0.15, -0.1) is 11.3 Å². The van der Waals surface area contributed by atoms with Gasteiger partial charge in [-0.3, -0.25) is 4.79 Å². The van der Waals surface area contributed by atoms with Gasteiger partial charge >= 0.3 is 0 Å². The number of benzene rings is 1. The van der Waals surface area contributed by atoms with E-state index in [1.807, 2.05) is 40.6 Å². The standard InChI is InChI=1S/C21H21ClN4O2S/c1-15-13-25(7-8-26(15)21(27)11-18-6-3-9-29-18)19-12-20(24-14-23-19)28-17-5-2-4-16(22)10-17/h2-6,9-10,12,14-15H,7-8,11,13H2,1H3. The molecule has 0 radical (unpaired) electrons. The van der Waals surface area contributed by atoms with Crippen LogP contribution >= 0.6 is 22.9 Å². The van der Waals surface area contributed by atoms with Crippen molar-refractivity contribution in [2.24, 2.45) is 0 Å². The zero-order valence-corrected chi connectivity index (χ0v) is 17.6. The van der Waals surface area contributed by atoms with Crippen LogP contribution in [0.4, 0.5) is 5.82 Å². The SMILES string of the molecule is CC1CN(c2cc(Oc3cccc(Cl)c3)ncn2)CCN1C(=O)Cc1cccs1. The van der Waals surface area contributed by atoms with E-state index in [0.717, 1.165) is 10.7 Å². The second kappa shape index (κ2) is 8.80. The molecule has 0 saturated carbocycles. The summed E-state index contributed by atoms with van der Waals surface area (Å²) in [7, 11) is 0. The second-order valence-corrected chi connectivity index (χ2v) is 8.38. The monoisotopic (exact) mass is 428 g/mol. The van der Waals surface area contributed by atoms with Gasteiger partial charge in [0.15, 0.2) is 0 Å². The average Bonchev–Trinajstić information content (AvgIpc) is 3.21. The first-order valence-electron chi connectivity index (χ1n) is 9.41. The average molecular weight is 429 g/mol. The molecule has 4 rings (SSSR count). The van der Waals surface area contributed by atoms with E-state index in [9.17, 15) is 4.79 Å². The number of amides is 1. The molecule has 1 fully saturated rings. The number of piperazine rings is 1. The molecule has 3 aromatic rings. The van der Waals surface area contributed by atoms with Gasteiger partial charge in [-0.2, -0.15) is 0 Å². The quantitative estimate of drug-likeness (QED) is 0.607. The minimum atomic E-state index is 0.100. The van der Waals surface area contributed by atoms with E-state index in [2.05, 4.69) is 21.8 Å². The first-order valence-corrected chi connectivity index (χ1v) is 10.7. The fourth-order valence-corrected chi connectivity index (χ4v) is 4.29. The number of carbonyl (C=O) groups is 1. The highest BCUT2D eigenvalue weighted by molar-refractivity contribution is 7.10. The van der Waals surface area contributed by atoms with Crippen molar-refractivity contribution in [1.82, 2.24) is 14.9 Å². The van der Waals surface area contributed by atoms with Crippen LogP contribution in [0.3, 0.4) is 0 Å². The molecular weight excluding hydrogens is 408 g/mol. The third-order valence-corrected chi connectivity index (χ3v) is 5.93. The lowest BCUT2D eigenvalue weighted by atomic mass is 10.1. The Kier molecular flexibility index (Phi) is 5.97. The van der Waals surface area contributed by atoms with Crippen molar-refractivity contribution < 1.29 is 9.53 Å². The molecule has 8 heteroatoms. The van der Waals surface area contributed by atoms with Gasteiger partial charge < -0.3 is 14.5 Å². The molecule has 1 aliphatic heterocycles. The molecule has 0 bridgehead atoms. The number of thiophene rings is 1. The van der Waals surface area contributed by atoms with Crippen LogP contribution in [0.1, 0.15) is 11.8 Å². The minimum Gasteiger partial charge on any atom is -0.439 e. The molecule has 0 N–H and O–H groups in total. The predicted octanol–water partition coefficient (Wildman–Crippen LogP) is 4.26. The summed E-state index contributed by atoms with van der Waals surface area (Å²) in [6.45, 7) is 4.17. The number of anilines is 1. The van der Waals surface area contributed by atoms with E-state index >= 15 is 0 Å². The normalized spacial score (nSPS) is 16.7. The Labute approximate surface area is 178 Å². The molecule has 29 heavy (non-hydrogen) atoms. The number of carbonyl (C=O) groups excluding carboxylic acids is 1. The van der Waals surface area contributed by atoms with Crippen molar-refractivity contribution in [2.75, 3.05) is 24.5 Å². The van der Waals surface area contributed by atoms with Crippen LogP contribution in [-0.4, -0.2) is 46.5 Å². The van der Waals surface area contributed by atoms with Gasteiger partial charge in [-0.25, -0.2) is 9.97 Å². The highest BCUT2D eigenvalue weighted by atomic mass is 35.5. The Bertz CT molecular complexity index is 982. The zero-order chi connectivity index (χ0) is 20.2. The second-order valence-electron chi connectivity index (χ2n) is 6.91. The highest BCUT2D eigenvalue weighted by Crippen LogP contribution is 2.26. The number of halogens is 1. The van der Waals surface area contributed by atoms with E-state index in [1.165, 1.54) is 6.33 Å². The molecule has 0 aliphatic carbocycles. The van der Waals surface area contributed by atoms with E-state index in [0.29, 0.717) is 42.7 Å². The Morgan fingerprint density at radius 1 is 1.24 bits per heavy atom. The van der Waals surface area contributed by atoms with Gasteiger partial charge in [0.2, 0.25) is 11.8 Å². The van der Waals surface area contributed by atoms with Gasteiger partial charge in [0.1, 0.15) is 17.9 Å². The van der Waals surface area contributed by atoms with Gasteiger partial charge in [0.25, 0.3) is 0 Å². The van der Waals surface area contributed by atoms with Crippen LogP contribution in [-0.2, 0) is 11.2 Å². The molecule has 1 aromatic carbocycles. The fourth-order valence-electron chi connectivity index (χ4n) is 3.41. The number of hydrogen-bond donors (Lipinski definition) is 0. The minimum absolute atomic E-state index is 0.100. The topological polar surface area (TPSA) is 58.6 Å². The van der Waals surface area contributed by atoms with Crippen molar-refractivity contribution in [1.29, 1.82) is 0 Å². The number of hydrogen-bond acceptors (Lipinski definition) is 6. The summed E-state index contributed by atoms with van der Waals surface area (Å²) in [4.78, 5) is 26.5. The van der Waals surface area contributed by atoms with Crippen molar-refractivity contribution in [3.63, 3.8) is 0 Å². The molecule has 6 nitrogen and oxygen atoms in total. The Morgan fingerprint density at radius 2 is 2.14 bits per heavy atom. The predicted molar refractivity (Wildman–Crippen MR) is 115 cm³/mol. The maximum Gasteiger partial charge on any atom is 0.228 e. The molecule has 2 aromatic heterocycles. The third kappa shape index (κ3) is 4.86. The van der Waals surface area contributed by atoms with Crippen molar-refractivity contribution in [2.45, 2.75) is 19.4 Å². The molecule has 0 spiro atoms. The maximum absolute atomic E-state index is 12.7. The van der Waals surface area contributed by atoms with E-state index < -0.39 is 0 Å². The first kappa shape index (κ1) is 19.7. The van der Waals surface area contributed by atoms with Gasteiger partial charge in [-0.05, 0) is 36.6 Å². The van der Waals surface area contributed by atoms with Crippen LogP contribution in [0.2, 0.25) is 5.02 Å². The van der Waals surface area contributed by atoms with Gasteiger partial charge in [0, 0.05) is 41.6 Å². The lowest BCUT2D eigenvalue weighted by molar-refractivity contribution is -0.132. The fraction of sp³-hybridized carbons (Fsp3) is 0.286. The zero-order valence-electron chi connectivity index (χ0n) is 16.0. The van der Waals surface area contributed by atoms with Gasteiger partial charge in [0.05, 0.1) is 6.42 Å². The van der Waals surface area contributed by atoms with Crippen LogP contribution in [0, 0.1) is 0 Å². The molecule has 150 valence electrons. The maximum atomic E-state index is 12.7. The highest BCUT2D eigenvalue weighted by Gasteiger charge is 2.28. The van der Waals surface area contributed by atoms with E-state index in [4.69, 9.17) is 16.3 Å². The summed E-state index contributed by atoms with van der Waals surface area (Å²) in [5, 5.41) is 2.61. The van der Waals surface area contributed by atoms with Crippen molar-refractivity contribution in [3.05, 3.63) is 64.1 Å². The summed E-state index contributed by atoms with van der Waals surface area (Å²) in [6, 6.07) is 13.1. The number of nitrogens with zero attached hydrogens (tertiary/aromatic N) is 4. The number of rotatable bonds is 5. The summed E-state index contributed by atoms with van der Waals surface area (Å²) < 4.78 is 5.81. The van der Waals surface area contributed by atoms with Crippen molar-refractivity contribution >= 4 is 34.7 Å². The lowest BCUT2D eigenvalue weighted by Gasteiger charge is -2.40. The lowest BCUT2D eigenvalue weighted by Crippen LogP contribution is -2.54. The molecule has 1 unspecified atom stereocenters. The van der Waals surface area contributed by atoms with Crippen LogP contribution in [0.15, 0.2) is 54.2 Å². The molecule has 1 aliphatic rings. The number of aromatic nitrogens is 2. The van der Waals surface area contributed by atoms with Crippen LogP contribution in [0.25, 0.3) is 0 Å². The summed E-state index contributed by atoms with van der Waals surface area (Å²) in [6.07, 6.45) is 1.96. The Balaban J connectivity index is 1.40. The van der Waals surface area contributed by atoms with E-state index in [-0.39, 0.29) is 11.9 Å². The summed E-state index contributed by atoms with van der Waals surface area (Å²) >= 11 is 7.63. The first-order chi connectivity index (χ1) is 14.1. The van der Waals surface area contributed by atoms with Crippen LogP contribution in [0.5, 0.6) is 11.6 Å².